The number of benzene rings is 3. The van der Waals surface area contributed by atoms with E-state index in [2.05, 4.69) is 0 Å². The number of para-hydroxylation sites is 1. The second-order valence-electron chi connectivity index (χ2n) is 8.63. The van der Waals surface area contributed by atoms with E-state index in [4.69, 9.17) is 16.7 Å². The van der Waals surface area contributed by atoms with Crippen LogP contribution in [0, 0.1) is 0 Å². The van der Waals surface area contributed by atoms with Crippen molar-refractivity contribution in [2.75, 3.05) is 11.4 Å². The fraction of sp³-hybridized carbons (Fsp3) is 0.185. The van der Waals surface area contributed by atoms with Crippen LogP contribution in [0.4, 0.5) is 5.69 Å². The van der Waals surface area contributed by atoms with Crippen LogP contribution in [-0.4, -0.2) is 35.0 Å². The van der Waals surface area contributed by atoms with E-state index >= 15 is 0 Å². The minimum Gasteiger partial charge on any atom is -0.302 e. The van der Waals surface area contributed by atoms with Gasteiger partial charge >= 0.3 is 0 Å². The molecule has 0 unspecified atom stereocenters. The van der Waals surface area contributed by atoms with Gasteiger partial charge in [0.25, 0.3) is 5.91 Å². The third-order valence-corrected chi connectivity index (χ3v) is 8.44. The number of hydrogen-bond donors (Lipinski definition) is 0. The first kappa shape index (κ1) is 24.2. The third-order valence-electron chi connectivity index (χ3n) is 6.37. The van der Waals surface area contributed by atoms with Gasteiger partial charge in [-0.05, 0) is 42.5 Å². The molecule has 7 nitrogen and oxygen atoms in total. The lowest BCUT2D eigenvalue weighted by Gasteiger charge is -2.28. The smallest absolute Gasteiger partial charge is 0.258 e. The molecule has 1 aromatic heterocycles. The Balaban J connectivity index is 1.50. The molecule has 0 saturated carbocycles. The van der Waals surface area contributed by atoms with Gasteiger partial charge in [0, 0.05) is 54.1 Å². The number of amides is 1. The maximum Gasteiger partial charge on any atom is 0.258 e. The first-order valence-electron chi connectivity index (χ1n) is 11.6. The summed E-state index contributed by atoms with van der Waals surface area (Å²) in [4.78, 5) is 15.4. The fourth-order valence-corrected chi connectivity index (χ4v) is 6.24. The zero-order valence-electron chi connectivity index (χ0n) is 19.7. The van der Waals surface area contributed by atoms with Crippen LogP contribution in [0.15, 0.2) is 89.8 Å². The van der Waals surface area contributed by atoms with Gasteiger partial charge in [0.2, 0.25) is 10.0 Å². The van der Waals surface area contributed by atoms with Crippen LogP contribution >= 0.6 is 11.6 Å². The third kappa shape index (κ3) is 4.67. The molecule has 36 heavy (non-hydrogen) atoms. The number of aromatic nitrogens is 2. The Hall–Kier alpha value is -3.46. The van der Waals surface area contributed by atoms with Crippen LogP contribution in [0.25, 0.3) is 0 Å². The lowest BCUT2D eigenvalue weighted by atomic mass is 10.1. The standard InChI is InChI=1S/C27H25ClN4O3S/c1-30-26-15-16-31(36(34,35)23-14-8-11-21(28)17-23)18-24(26)25(29-30)19-32(22-12-6-3-7-13-22)27(33)20-9-4-2-5-10-20/h2-14,17H,15-16,18-19H2,1H3. The number of carbonyl (C=O) groups excluding carboxylic acids is 1. The monoisotopic (exact) mass is 520 g/mol. The molecule has 184 valence electrons. The number of halogens is 1. The Morgan fingerprint density at radius 1 is 1.00 bits per heavy atom. The largest absolute Gasteiger partial charge is 0.302 e. The number of fused-ring (bicyclic) bond motifs is 1. The van der Waals surface area contributed by atoms with Gasteiger partial charge in [-0.2, -0.15) is 9.40 Å². The van der Waals surface area contributed by atoms with E-state index in [0.29, 0.717) is 29.2 Å². The molecular formula is C27H25ClN4O3S. The van der Waals surface area contributed by atoms with Crippen LogP contribution in [-0.2, 0) is 36.6 Å². The summed E-state index contributed by atoms with van der Waals surface area (Å²) in [7, 11) is -1.89. The van der Waals surface area contributed by atoms with Crippen LogP contribution < -0.4 is 4.90 Å². The zero-order chi connectivity index (χ0) is 25.3. The van der Waals surface area contributed by atoms with Crippen LogP contribution in [0.3, 0.4) is 0 Å². The van der Waals surface area contributed by atoms with Crippen molar-refractivity contribution in [2.24, 2.45) is 7.05 Å². The second kappa shape index (κ2) is 9.89. The Morgan fingerprint density at radius 3 is 2.39 bits per heavy atom. The van der Waals surface area contributed by atoms with Gasteiger partial charge in [-0.3, -0.25) is 9.48 Å². The highest BCUT2D eigenvalue weighted by molar-refractivity contribution is 7.89. The van der Waals surface area contributed by atoms with Crippen molar-refractivity contribution >= 4 is 33.2 Å². The number of carbonyl (C=O) groups is 1. The number of aryl methyl sites for hydroxylation is 1. The van der Waals surface area contributed by atoms with Crippen LogP contribution in [0.5, 0.6) is 0 Å². The van der Waals surface area contributed by atoms with E-state index < -0.39 is 10.0 Å². The summed E-state index contributed by atoms with van der Waals surface area (Å²) in [5, 5.41) is 5.09. The van der Waals surface area contributed by atoms with E-state index in [1.165, 1.54) is 10.4 Å². The Morgan fingerprint density at radius 2 is 1.69 bits per heavy atom. The van der Waals surface area contributed by atoms with Gasteiger partial charge in [-0.25, -0.2) is 8.42 Å². The van der Waals surface area contributed by atoms with E-state index in [0.717, 1.165) is 16.9 Å². The quantitative estimate of drug-likeness (QED) is 0.370. The molecule has 5 rings (SSSR count). The predicted octanol–water partition coefficient (Wildman–Crippen LogP) is 4.67. The molecular weight excluding hydrogens is 496 g/mol. The maximum absolute atomic E-state index is 13.5. The van der Waals surface area contributed by atoms with Crippen molar-refractivity contribution in [1.29, 1.82) is 0 Å². The van der Waals surface area contributed by atoms with Gasteiger partial charge in [0.05, 0.1) is 17.1 Å². The number of nitrogens with zero attached hydrogens (tertiary/aromatic N) is 4. The molecule has 1 aliphatic heterocycles. The van der Waals surface area contributed by atoms with Crippen molar-refractivity contribution in [1.82, 2.24) is 14.1 Å². The molecule has 0 spiro atoms. The molecule has 0 radical (unpaired) electrons. The van der Waals surface area contributed by atoms with Crippen molar-refractivity contribution in [3.8, 4) is 0 Å². The molecule has 4 aromatic rings. The highest BCUT2D eigenvalue weighted by Gasteiger charge is 2.33. The number of anilines is 1. The van der Waals surface area contributed by atoms with Crippen LogP contribution in [0.2, 0.25) is 5.02 Å². The molecule has 0 bridgehead atoms. The van der Waals surface area contributed by atoms with Crippen LogP contribution in [0.1, 0.15) is 27.3 Å². The maximum atomic E-state index is 13.5. The van der Waals surface area contributed by atoms with E-state index in [1.54, 1.807) is 39.9 Å². The minimum atomic E-state index is -3.74. The topological polar surface area (TPSA) is 75.5 Å². The Kier molecular flexibility index (Phi) is 6.66. The number of sulfonamides is 1. The molecule has 1 aliphatic rings. The average molecular weight is 521 g/mol. The summed E-state index contributed by atoms with van der Waals surface area (Å²) in [5.41, 5.74) is 3.78. The lowest BCUT2D eigenvalue weighted by molar-refractivity contribution is 0.0984. The van der Waals surface area contributed by atoms with Crippen molar-refractivity contribution in [2.45, 2.75) is 24.4 Å². The van der Waals surface area contributed by atoms with Crippen molar-refractivity contribution < 1.29 is 13.2 Å². The normalized spacial score (nSPS) is 13.8. The Labute approximate surface area is 215 Å². The molecule has 1 amide bonds. The Bertz CT molecular complexity index is 1500. The predicted molar refractivity (Wildman–Crippen MR) is 139 cm³/mol. The SMILES string of the molecule is Cn1nc(CN(C(=O)c2ccccc2)c2ccccc2)c2c1CCN(S(=O)(=O)c1cccc(Cl)c1)C2. The summed E-state index contributed by atoms with van der Waals surface area (Å²) >= 11 is 6.06. The summed E-state index contributed by atoms with van der Waals surface area (Å²) in [6.07, 6.45) is 0.524. The number of hydrogen-bond acceptors (Lipinski definition) is 4. The highest BCUT2D eigenvalue weighted by Crippen LogP contribution is 2.30. The molecule has 3 aromatic carbocycles. The minimum absolute atomic E-state index is 0.152. The zero-order valence-corrected chi connectivity index (χ0v) is 21.3. The fourth-order valence-electron chi connectivity index (χ4n) is 4.53. The molecule has 0 aliphatic carbocycles. The highest BCUT2D eigenvalue weighted by atomic mass is 35.5. The first-order valence-corrected chi connectivity index (χ1v) is 13.4. The van der Waals surface area contributed by atoms with E-state index in [1.807, 2.05) is 55.6 Å². The van der Waals surface area contributed by atoms with Gasteiger partial charge in [0.1, 0.15) is 0 Å². The summed E-state index contributed by atoms with van der Waals surface area (Å²) in [6, 6.07) is 24.8. The van der Waals surface area contributed by atoms with Gasteiger partial charge in [0.15, 0.2) is 0 Å². The lowest BCUT2D eigenvalue weighted by Crippen LogP contribution is -2.37. The van der Waals surface area contributed by atoms with E-state index in [-0.39, 0.29) is 23.9 Å². The van der Waals surface area contributed by atoms with Gasteiger partial charge in [-0.15, -0.1) is 0 Å². The van der Waals surface area contributed by atoms with Crippen molar-refractivity contribution in [3.63, 3.8) is 0 Å². The van der Waals surface area contributed by atoms with Gasteiger partial charge < -0.3 is 4.90 Å². The average Bonchev–Trinajstić information content (AvgIpc) is 3.22. The summed E-state index contributed by atoms with van der Waals surface area (Å²) in [6.45, 7) is 0.730. The molecule has 0 fully saturated rings. The first-order chi connectivity index (χ1) is 17.3. The second-order valence-corrected chi connectivity index (χ2v) is 11.0. The van der Waals surface area contributed by atoms with Crippen molar-refractivity contribution in [3.05, 3.63) is 112 Å². The molecule has 0 N–H and O–H groups in total. The van der Waals surface area contributed by atoms with Gasteiger partial charge in [-0.1, -0.05) is 54.1 Å². The molecule has 9 heteroatoms. The summed E-state index contributed by atoms with van der Waals surface area (Å²) in [5.74, 6) is -0.152. The number of rotatable bonds is 6. The van der Waals surface area contributed by atoms with E-state index in [9.17, 15) is 13.2 Å². The molecule has 2 heterocycles. The summed E-state index contributed by atoms with van der Waals surface area (Å²) < 4.78 is 30.0. The molecule has 0 atom stereocenters. The molecule has 0 saturated heterocycles.